The predicted molar refractivity (Wildman–Crippen MR) is 296 cm³/mol. The number of rotatable bonds is 42. The minimum atomic E-state index is -4.75. The fraction of sp³-hybridized carbons (Fsp3) is 0.837. The van der Waals surface area contributed by atoms with E-state index in [0.29, 0.717) is 103 Å². The first kappa shape index (κ1) is 63.5. The van der Waals surface area contributed by atoms with Crippen LogP contribution in [0.1, 0.15) is 147 Å². The SMILES string of the molecule is [2H]OCC1OC(n2cc(C)c(NCCCCCCNC(=O)CCCCCNC(=O)CCCCCNC(=O)CCCCC3SCC4[B]C(=O)NC43)nc2=O)CC1OP(=O)(O)OCC1CCCC1P(=O)(O)OCNCCC[Si]OC. The lowest BCUT2D eigenvalue weighted by Gasteiger charge is -2.26. The zero-order valence-corrected chi connectivity index (χ0v) is 48.7. The van der Waals surface area contributed by atoms with Crippen molar-refractivity contribution >= 4 is 73.6 Å². The number of fused-ring (bicyclic) bond motifs is 1. The third kappa shape index (κ3) is 23.7. The van der Waals surface area contributed by atoms with Crippen molar-refractivity contribution in [1.82, 2.24) is 36.1 Å². The second kappa shape index (κ2) is 35.2. The van der Waals surface area contributed by atoms with E-state index in [2.05, 4.69) is 42.0 Å². The molecule has 9 N–H and O–H groups in total. The van der Waals surface area contributed by atoms with Gasteiger partial charge in [0.15, 0.2) is 5.81 Å². The summed E-state index contributed by atoms with van der Waals surface area (Å²) in [6.45, 7) is 3.98. The van der Waals surface area contributed by atoms with Crippen molar-refractivity contribution in [3.63, 3.8) is 0 Å². The third-order valence-electron chi connectivity index (χ3n) is 14.4. The maximum atomic E-state index is 13.2. The van der Waals surface area contributed by atoms with Crippen molar-refractivity contribution in [2.75, 3.05) is 70.8 Å². The molecule has 1 aromatic heterocycles. The number of nitrogens with zero attached hydrogens (tertiary/aromatic N) is 2. The molecule has 0 spiro atoms. The molecule has 10 atom stereocenters. The Labute approximate surface area is 463 Å². The molecule has 3 aliphatic heterocycles. The summed E-state index contributed by atoms with van der Waals surface area (Å²) in [7, 11) is -5.00. The van der Waals surface area contributed by atoms with E-state index in [-0.39, 0.29) is 55.9 Å². The first-order valence-corrected chi connectivity index (χ1v) is 33.1. The Morgan fingerprint density at radius 1 is 0.896 bits per heavy atom. The van der Waals surface area contributed by atoms with Gasteiger partial charge in [-0.1, -0.05) is 38.5 Å². The van der Waals surface area contributed by atoms with Gasteiger partial charge in [-0.15, -0.1) is 0 Å². The topological polar surface area (TPSA) is 316 Å². The number of aliphatic hydroxyl groups is 1. The summed E-state index contributed by atoms with van der Waals surface area (Å²) < 4.78 is 62.1. The summed E-state index contributed by atoms with van der Waals surface area (Å²) in [6, 6.07) is 1.12. The molecule has 4 fully saturated rings. The molecule has 5 rings (SSSR count). The van der Waals surface area contributed by atoms with E-state index >= 15 is 0 Å². The van der Waals surface area contributed by atoms with E-state index in [1.807, 2.05) is 11.8 Å². The highest BCUT2D eigenvalue weighted by Crippen LogP contribution is 2.57. The standard InChI is InChI=1S/C49H86BN8O15P2SSi/c1-35-30-58(45-29-38(39(31-59)72-45)73-75(67,68)70-32-36-17-15-18-40(36)74(65,66)71-34-51-23-16-28-77-69-2)49(64)57-47(35)55-27-12-4-3-11-24-52-42(60)20-7-5-13-25-53-43(61)21-8-6-14-26-54-44(62)22-10-9-19-41-46-37(33-76-41)50-48(63)56-46/h30,36-41,45-46,51,59H,3-29,31-34H2,1-2H3,(H,52,60)(H,53,61)(H,54,62)(H,56,63)(H,65,66)(H,67,68)(H,55,57,64)/i59D. The third-order valence-corrected chi connectivity index (χ3v) is 19.8. The molecule has 435 valence electrons. The number of aryl methyl sites for hydroxylation is 1. The quantitative estimate of drug-likeness (QED) is 0.0179. The second-order valence-corrected chi connectivity index (χ2v) is 26.4. The van der Waals surface area contributed by atoms with Crippen LogP contribution >= 0.6 is 27.2 Å². The minimum absolute atomic E-state index is 0.0151. The van der Waals surface area contributed by atoms with Crippen LogP contribution in [0.25, 0.3) is 0 Å². The molecule has 0 aromatic carbocycles. The van der Waals surface area contributed by atoms with Crippen molar-refractivity contribution in [3.05, 3.63) is 22.2 Å². The number of hydrogen-bond acceptors (Lipinski definition) is 17. The summed E-state index contributed by atoms with van der Waals surface area (Å²) in [4.78, 5) is 87.3. The Bertz CT molecular complexity index is 2170. The molecule has 4 aliphatic rings. The summed E-state index contributed by atoms with van der Waals surface area (Å²) in [5.74, 6) is 1.39. The lowest BCUT2D eigenvalue weighted by molar-refractivity contribution is -0.122. The normalized spacial score (nSPS) is 24.6. The van der Waals surface area contributed by atoms with Crippen molar-refractivity contribution < 1.29 is 65.9 Å². The Morgan fingerprint density at radius 2 is 1.55 bits per heavy atom. The number of carbonyl (C=O) groups excluding carboxylic acids is 4. The number of anilines is 1. The van der Waals surface area contributed by atoms with Crippen LogP contribution in [-0.4, -0.2) is 161 Å². The zero-order valence-electron chi connectivity index (χ0n) is 46.1. The summed E-state index contributed by atoms with van der Waals surface area (Å²) in [5.41, 5.74) is -0.739. The van der Waals surface area contributed by atoms with Crippen LogP contribution in [0.3, 0.4) is 0 Å². The molecule has 1 aromatic rings. The van der Waals surface area contributed by atoms with E-state index in [9.17, 15) is 42.9 Å². The molecule has 1 saturated carbocycles. The van der Waals surface area contributed by atoms with Gasteiger partial charge < -0.3 is 50.6 Å². The molecular weight excluding hydrogens is 1070 g/mol. The number of phosphoric ester groups is 1. The first-order chi connectivity index (χ1) is 37.6. The molecule has 10 unspecified atom stereocenters. The van der Waals surface area contributed by atoms with Crippen LogP contribution in [0.15, 0.2) is 11.0 Å². The average molecular weight is 1160 g/mol. The predicted octanol–water partition coefficient (Wildman–Crippen LogP) is 5.03. The number of unbranched alkanes of at least 4 members (excludes halogenated alkanes) is 8. The highest BCUT2D eigenvalue weighted by Gasteiger charge is 2.46. The van der Waals surface area contributed by atoms with Gasteiger partial charge in [0.25, 0.3) is 0 Å². The Kier molecular flexibility index (Phi) is 29.0. The second-order valence-electron chi connectivity index (χ2n) is 20.4. The number of aliphatic hydroxyl groups excluding tert-OH is 1. The van der Waals surface area contributed by atoms with Crippen molar-refractivity contribution in [3.8, 4) is 0 Å². The number of ether oxygens (including phenoxy) is 1. The van der Waals surface area contributed by atoms with Crippen molar-refractivity contribution in [2.24, 2.45) is 5.92 Å². The number of carbonyl (C=O) groups is 4. The fourth-order valence-electron chi connectivity index (χ4n) is 10.1. The molecule has 3 saturated heterocycles. The summed E-state index contributed by atoms with van der Waals surface area (Å²) >= 11 is 1.92. The van der Waals surface area contributed by atoms with Crippen LogP contribution in [0.2, 0.25) is 11.9 Å². The van der Waals surface area contributed by atoms with Crippen LogP contribution in [0.4, 0.5) is 10.6 Å². The number of aromatic nitrogens is 2. The summed E-state index contributed by atoms with van der Waals surface area (Å²) in [6.07, 6.45) is 13.4. The maximum absolute atomic E-state index is 13.2. The molecule has 1 aliphatic carbocycles. The van der Waals surface area contributed by atoms with Gasteiger partial charge in [0, 0.05) is 82.0 Å². The van der Waals surface area contributed by atoms with Gasteiger partial charge in [-0.3, -0.25) is 47.2 Å². The number of amides is 4. The smallest absolute Gasteiger partial charge is 0.421 e. The highest BCUT2D eigenvalue weighted by atomic mass is 32.2. The molecule has 4 amide bonds. The molecule has 0 bridgehead atoms. The fourth-order valence-corrected chi connectivity index (χ4v) is 15.0. The van der Waals surface area contributed by atoms with E-state index in [1.54, 1.807) is 27.5 Å². The molecular formula is C49H86BN8O15P2SSi. The van der Waals surface area contributed by atoms with Gasteiger partial charge in [-0.2, -0.15) is 16.7 Å². The lowest BCUT2D eigenvalue weighted by atomic mass is 9.65. The van der Waals surface area contributed by atoms with Gasteiger partial charge in [0.2, 0.25) is 36.2 Å². The molecule has 3 radical (unpaired) electrons. The van der Waals surface area contributed by atoms with Crippen LogP contribution in [0.5, 0.6) is 0 Å². The minimum Gasteiger partial charge on any atom is -0.421 e. The Morgan fingerprint density at radius 3 is 2.21 bits per heavy atom. The molecule has 23 nitrogen and oxygen atoms in total. The largest absolute Gasteiger partial charge is 0.472 e. The Hall–Kier alpha value is -2.71. The maximum Gasteiger partial charge on any atom is 0.472 e. The highest BCUT2D eigenvalue weighted by molar-refractivity contribution is 8.00. The van der Waals surface area contributed by atoms with E-state index in [0.717, 1.165) is 102 Å². The van der Waals surface area contributed by atoms with Gasteiger partial charge >= 0.3 is 21.1 Å². The lowest BCUT2D eigenvalue weighted by Crippen LogP contribution is -2.33. The van der Waals surface area contributed by atoms with E-state index in [4.69, 9.17) is 24.2 Å². The first-order valence-electron chi connectivity index (χ1n) is 28.2. The van der Waals surface area contributed by atoms with Crippen molar-refractivity contribution in [2.45, 2.75) is 189 Å². The van der Waals surface area contributed by atoms with E-state index in [1.165, 1.54) is 4.57 Å². The summed E-state index contributed by atoms with van der Waals surface area (Å²) in [5, 5.41) is 23.2. The van der Waals surface area contributed by atoms with Gasteiger partial charge in [0.1, 0.15) is 31.0 Å². The van der Waals surface area contributed by atoms with Gasteiger partial charge in [-0.05, 0) is 108 Å². The average Bonchev–Trinajstić information content (AvgIpc) is 4.24. The molecule has 4 heterocycles. The molecule has 28 heteroatoms. The number of hydrogen-bond donors (Lipinski definition) is 9. The van der Waals surface area contributed by atoms with Gasteiger partial charge in [-0.25, -0.2) is 9.36 Å². The van der Waals surface area contributed by atoms with Crippen LogP contribution in [0, 0.1) is 12.8 Å². The van der Waals surface area contributed by atoms with E-state index < -0.39 is 51.1 Å². The molecule has 77 heavy (non-hydrogen) atoms. The zero-order chi connectivity index (χ0) is 56.2. The van der Waals surface area contributed by atoms with Gasteiger partial charge in [0.05, 0.1) is 18.9 Å². The number of nitrogens with one attached hydrogen (secondary N) is 6. The van der Waals surface area contributed by atoms with Crippen LogP contribution < -0.4 is 37.6 Å². The Balaban J connectivity index is 0.844. The monoisotopic (exact) mass is 1160 g/mol. The number of thioether (sulfide) groups is 1. The van der Waals surface area contributed by atoms with Crippen LogP contribution in [-0.2, 0) is 46.2 Å². The number of phosphoric acid groups is 1. The van der Waals surface area contributed by atoms with Crippen molar-refractivity contribution in [1.29, 1.82) is 1.43 Å².